The lowest BCUT2D eigenvalue weighted by Gasteiger charge is -2.11. The van der Waals surface area contributed by atoms with E-state index in [-0.39, 0.29) is 0 Å². The molecule has 1 saturated carbocycles. The van der Waals surface area contributed by atoms with Gasteiger partial charge in [-0.2, -0.15) is 11.8 Å². The Morgan fingerprint density at radius 1 is 1.45 bits per heavy atom. The Bertz CT molecular complexity index is 99.7. The zero-order valence-corrected chi connectivity index (χ0v) is 9.59. The molecule has 0 saturated heterocycles. The van der Waals surface area contributed by atoms with Crippen LogP contribution >= 0.6 is 27.7 Å². The number of hydrogen-bond acceptors (Lipinski definition) is 1. The highest BCUT2D eigenvalue weighted by molar-refractivity contribution is 9.09. The Morgan fingerprint density at radius 3 is 2.64 bits per heavy atom. The second kappa shape index (κ2) is 5.47. The van der Waals surface area contributed by atoms with Gasteiger partial charge in [-0.1, -0.05) is 35.7 Å². The van der Waals surface area contributed by atoms with Crippen LogP contribution in [0, 0.1) is 5.92 Å². The highest BCUT2D eigenvalue weighted by atomic mass is 79.9. The lowest BCUT2D eigenvalue weighted by Crippen LogP contribution is -2.04. The van der Waals surface area contributed by atoms with E-state index in [9.17, 15) is 0 Å². The summed E-state index contributed by atoms with van der Waals surface area (Å²) in [4.78, 5) is 0. The summed E-state index contributed by atoms with van der Waals surface area (Å²) < 4.78 is 0. The lowest BCUT2D eigenvalue weighted by molar-refractivity contribution is 0.764. The van der Waals surface area contributed by atoms with E-state index >= 15 is 0 Å². The molecule has 0 bridgehead atoms. The van der Waals surface area contributed by atoms with Crippen LogP contribution in [0.15, 0.2) is 0 Å². The summed E-state index contributed by atoms with van der Waals surface area (Å²) in [6.07, 6.45) is 5.89. The summed E-state index contributed by atoms with van der Waals surface area (Å²) in [7, 11) is 0. The molecule has 0 radical (unpaired) electrons. The van der Waals surface area contributed by atoms with Crippen molar-refractivity contribution in [3.8, 4) is 0 Å². The van der Waals surface area contributed by atoms with Gasteiger partial charge in [-0.25, -0.2) is 0 Å². The molecule has 1 rings (SSSR count). The molecule has 0 aromatic carbocycles. The van der Waals surface area contributed by atoms with Gasteiger partial charge >= 0.3 is 0 Å². The predicted octanol–water partition coefficient (Wildman–Crippen LogP) is 3.69. The highest BCUT2D eigenvalue weighted by Gasteiger charge is 2.15. The number of alkyl halides is 1. The molecule has 1 fully saturated rings. The summed E-state index contributed by atoms with van der Waals surface area (Å²) in [6, 6.07) is 0. The van der Waals surface area contributed by atoms with Crippen molar-refractivity contribution in [3.63, 3.8) is 0 Å². The largest absolute Gasteiger partial charge is 0.158 e. The average molecular weight is 237 g/mol. The van der Waals surface area contributed by atoms with Crippen molar-refractivity contribution in [3.05, 3.63) is 0 Å². The molecule has 0 heterocycles. The van der Waals surface area contributed by atoms with Gasteiger partial charge in [0.25, 0.3) is 0 Å². The topological polar surface area (TPSA) is 0 Å². The molecule has 0 spiro atoms. The van der Waals surface area contributed by atoms with Crippen molar-refractivity contribution >= 4 is 27.7 Å². The molecule has 0 aromatic heterocycles. The van der Waals surface area contributed by atoms with Crippen molar-refractivity contribution in [2.24, 2.45) is 5.92 Å². The molecule has 0 nitrogen and oxygen atoms in total. The number of thioether (sulfide) groups is 1. The third-order valence-corrected chi connectivity index (χ3v) is 4.99. The minimum atomic E-state index is 0.848. The Labute approximate surface area is 82.6 Å². The van der Waals surface area contributed by atoms with E-state index in [2.05, 4.69) is 34.6 Å². The van der Waals surface area contributed by atoms with Gasteiger partial charge in [0, 0.05) is 10.6 Å². The molecular weight excluding hydrogens is 220 g/mol. The van der Waals surface area contributed by atoms with Gasteiger partial charge in [-0.05, 0) is 24.5 Å². The van der Waals surface area contributed by atoms with Crippen molar-refractivity contribution in [2.45, 2.75) is 37.9 Å². The summed E-state index contributed by atoms with van der Waals surface area (Å²) in [6.45, 7) is 2.32. The standard InChI is InChI=1S/C9H17BrS/c1-8(6-10)7-11-9-4-2-3-5-9/h8-9H,2-7H2,1H3. The number of hydrogen-bond donors (Lipinski definition) is 0. The summed E-state index contributed by atoms with van der Waals surface area (Å²) in [5, 5.41) is 2.16. The van der Waals surface area contributed by atoms with Crippen LogP contribution in [0.25, 0.3) is 0 Å². The van der Waals surface area contributed by atoms with Gasteiger partial charge in [0.05, 0.1) is 0 Å². The Kier molecular flexibility index (Phi) is 4.93. The fraction of sp³-hybridized carbons (Fsp3) is 1.00. The first-order valence-corrected chi connectivity index (χ1v) is 6.67. The average Bonchev–Trinajstić information content (AvgIpc) is 2.52. The van der Waals surface area contributed by atoms with Crippen LogP contribution in [0.4, 0.5) is 0 Å². The van der Waals surface area contributed by atoms with Crippen molar-refractivity contribution in [2.75, 3.05) is 11.1 Å². The monoisotopic (exact) mass is 236 g/mol. The molecule has 11 heavy (non-hydrogen) atoms. The fourth-order valence-electron chi connectivity index (χ4n) is 1.40. The Hall–Kier alpha value is 0.830. The summed E-state index contributed by atoms with van der Waals surface area (Å²) in [5.74, 6) is 2.19. The third-order valence-electron chi connectivity index (χ3n) is 2.18. The second-order valence-corrected chi connectivity index (χ2v) is 5.48. The first-order chi connectivity index (χ1) is 5.33. The molecule has 0 N–H and O–H groups in total. The van der Waals surface area contributed by atoms with E-state index in [1.54, 1.807) is 0 Å². The van der Waals surface area contributed by atoms with E-state index in [4.69, 9.17) is 0 Å². The molecule has 0 aromatic rings. The van der Waals surface area contributed by atoms with E-state index in [0.29, 0.717) is 0 Å². The number of rotatable bonds is 4. The van der Waals surface area contributed by atoms with E-state index in [1.807, 2.05) is 0 Å². The Morgan fingerprint density at radius 2 is 2.09 bits per heavy atom. The SMILES string of the molecule is CC(CBr)CSC1CCCC1. The number of halogens is 1. The molecule has 0 amide bonds. The molecule has 2 heteroatoms. The highest BCUT2D eigenvalue weighted by Crippen LogP contribution is 2.30. The first kappa shape index (κ1) is 9.91. The zero-order valence-electron chi connectivity index (χ0n) is 7.18. The molecular formula is C9H17BrS. The molecule has 66 valence electrons. The van der Waals surface area contributed by atoms with Crippen LogP contribution in [0.2, 0.25) is 0 Å². The van der Waals surface area contributed by atoms with Gasteiger partial charge in [-0.3, -0.25) is 0 Å². The fourth-order valence-corrected chi connectivity index (χ4v) is 3.32. The maximum Gasteiger partial charge on any atom is 0.00649 e. The predicted molar refractivity (Wildman–Crippen MR) is 57.7 cm³/mol. The summed E-state index contributed by atoms with van der Waals surface area (Å²) in [5.41, 5.74) is 0. The second-order valence-electron chi connectivity index (χ2n) is 3.50. The quantitative estimate of drug-likeness (QED) is 0.672. The van der Waals surface area contributed by atoms with Gasteiger partial charge in [-0.15, -0.1) is 0 Å². The molecule has 1 unspecified atom stereocenters. The van der Waals surface area contributed by atoms with E-state index in [1.165, 1.54) is 31.4 Å². The minimum Gasteiger partial charge on any atom is -0.158 e. The van der Waals surface area contributed by atoms with E-state index < -0.39 is 0 Å². The minimum absolute atomic E-state index is 0.848. The van der Waals surface area contributed by atoms with Gasteiger partial charge in [0.2, 0.25) is 0 Å². The van der Waals surface area contributed by atoms with E-state index in [0.717, 1.165) is 16.5 Å². The smallest absolute Gasteiger partial charge is 0.00649 e. The normalized spacial score (nSPS) is 22.4. The summed E-state index contributed by atoms with van der Waals surface area (Å²) >= 11 is 5.70. The molecule has 1 aliphatic carbocycles. The van der Waals surface area contributed by atoms with Crippen LogP contribution in [0.1, 0.15) is 32.6 Å². The van der Waals surface area contributed by atoms with Gasteiger partial charge in [0.1, 0.15) is 0 Å². The van der Waals surface area contributed by atoms with Crippen LogP contribution in [-0.2, 0) is 0 Å². The third kappa shape index (κ3) is 3.84. The van der Waals surface area contributed by atoms with Crippen LogP contribution < -0.4 is 0 Å². The van der Waals surface area contributed by atoms with Gasteiger partial charge in [0.15, 0.2) is 0 Å². The molecule has 1 atom stereocenters. The lowest BCUT2D eigenvalue weighted by atomic mass is 10.3. The first-order valence-electron chi connectivity index (χ1n) is 4.50. The molecule has 0 aliphatic heterocycles. The van der Waals surface area contributed by atoms with Crippen LogP contribution in [0.3, 0.4) is 0 Å². The Balaban J connectivity index is 2.01. The van der Waals surface area contributed by atoms with Crippen molar-refractivity contribution in [1.29, 1.82) is 0 Å². The van der Waals surface area contributed by atoms with Crippen molar-refractivity contribution < 1.29 is 0 Å². The van der Waals surface area contributed by atoms with Gasteiger partial charge < -0.3 is 0 Å². The molecule has 1 aliphatic rings. The van der Waals surface area contributed by atoms with Crippen molar-refractivity contribution in [1.82, 2.24) is 0 Å². The zero-order chi connectivity index (χ0) is 8.10. The maximum absolute atomic E-state index is 3.51. The van der Waals surface area contributed by atoms with Crippen LogP contribution in [0.5, 0.6) is 0 Å². The van der Waals surface area contributed by atoms with Crippen LogP contribution in [-0.4, -0.2) is 16.3 Å². The maximum atomic E-state index is 3.51.